The Bertz CT molecular complexity index is 762. The van der Waals surface area contributed by atoms with Gasteiger partial charge in [-0.05, 0) is 25.0 Å². The molecule has 0 saturated carbocycles. The molecular formula is C17H22N6O2. The van der Waals surface area contributed by atoms with Crippen LogP contribution in [-0.2, 0) is 11.3 Å². The van der Waals surface area contributed by atoms with Gasteiger partial charge < -0.3 is 20.7 Å². The van der Waals surface area contributed by atoms with Crippen molar-refractivity contribution in [2.24, 2.45) is 0 Å². The standard InChI is InChI=1S/C17H22N6O2/c1-3-4-7-25-17-21-15(18)14-16(22-17)23(10-13(24)20-14)9-12-6-5-11(2)19-8-12/h5-6,8H,3-4,7,9-10H2,1-2H3,(H,20,24)(H2,18,21,22). The zero-order valence-electron chi connectivity index (χ0n) is 14.5. The van der Waals surface area contributed by atoms with E-state index in [0.29, 0.717) is 24.7 Å². The fraction of sp³-hybridized carbons (Fsp3) is 0.412. The third-order valence-corrected chi connectivity index (χ3v) is 3.87. The maximum absolute atomic E-state index is 12.0. The molecule has 0 spiro atoms. The average Bonchev–Trinajstić information content (AvgIpc) is 2.58. The highest BCUT2D eigenvalue weighted by atomic mass is 16.5. The Morgan fingerprint density at radius 1 is 1.36 bits per heavy atom. The number of unbranched alkanes of at least 4 members (excludes halogenated alkanes) is 1. The molecule has 132 valence electrons. The molecule has 0 radical (unpaired) electrons. The molecular weight excluding hydrogens is 320 g/mol. The van der Waals surface area contributed by atoms with Crippen molar-refractivity contribution >= 4 is 23.2 Å². The number of nitrogen functional groups attached to an aromatic ring is 1. The summed E-state index contributed by atoms with van der Waals surface area (Å²) in [6, 6.07) is 4.15. The molecule has 0 aromatic carbocycles. The van der Waals surface area contributed by atoms with Crippen LogP contribution in [0.5, 0.6) is 6.01 Å². The van der Waals surface area contributed by atoms with Gasteiger partial charge in [-0.3, -0.25) is 9.78 Å². The van der Waals surface area contributed by atoms with E-state index in [0.717, 1.165) is 24.1 Å². The molecule has 1 aliphatic heterocycles. The lowest BCUT2D eigenvalue weighted by molar-refractivity contribution is -0.115. The molecule has 25 heavy (non-hydrogen) atoms. The summed E-state index contributed by atoms with van der Waals surface area (Å²) in [6.45, 7) is 5.23. The van der Waals surface area contributed by atoms with Gasteiger partial charge in [-0.15, -0.1) is 0 Å². The minimum absolute atomic E-state index is 0.150. The van der Waals surface area contributed by atoms with E-state index >= 15 is 0 Å². The van der Waals surface area contributed by atoms with Crippen molar-refractivity contribution in [1.29, 1.82) is 0 Å². The van der Waals surface area contributed by atoms with Gasteiger partial charge in [0.25, 0.3) is 0 Å². The smallest absolute Gasteiger partial charge is 0.320 e. The summed E-state index contributed by atoms with van der Waals surface area (Å²) in [5.74, 6) is 0.623. The van der Waals surface area contributed by atoms with Gasteiger partial charge in [-0.1, -0.05) is 19.4 Å². The number of fused-ring (bicyclic) bond motifs is 1. The summed E-state index contributed by atoms with van der Waals surface area (Å²) in [4.78, 5) is 26.8. The van der Waals surface area contributed by atoms with Crippen molar-refractivity contribution in [3.8, 4) is 6.01 Å². The maximum Gasteiger partial charge on any atom is 0.320 e. The molecule has 0 aliphatic carbocycles. The van der Waals surface area contributed by atoms with E-state index in [1.165, 1.54) is 0 Å². The lowest BCUT2D eigenvalue weighted by Gasteiger charge is -2.30. The van der Waals surface area contributed by atoms with Crippen molar-refractivity contribution in [3.05, 3.63) is 29.6 Å². The SMILES string of the molecule is CCCCOc1nc(N)c2c(n1)N(Cc1ccc(C)nc1)CC(=O)N2. The minimum atomic E-state index is -0.150. The number of carbonyl (C=O) groups is 1. The van der Waals surface area contributed by atoms with E-state index in [1.54, 1.807) is 6.20 Å². The molecule has 3 heterocycles. The monoisotopic (exact) mass is 342 g/mol. The Hall–Kier alpha value is -2.90. The van der Waals surface area contributed by atoms with Crippen LogP contribution >= 0.6 is 0 Å². The first kappa shape index (κ1) is 16.9. The molecule has 8 heteroatoms. The van der Waals surface area contributed by atoms with Crippen molar-refractivity contribution < 1.29 is 9.53 Å². The number of hydrogen-bond acceptors (Lipinski definition) is 7. The van der Waals surface area contributed by atoms with Gasteiger partial charge in [0, 0.05) is 18.4 Å². The molecule has 1 amide bonds. The molecule has 0 bridgehead atoms. The van der Waals surface area contributed by atoms with Crippen molar-refractivity contribution in [2.75, 3.05) is 29.1 Å². The highest BCUT2D eigenvalue weighted by Crippen LogP contribution is 2.34. The molecule has 3 N–H and O–H groups in total. The highest BCUT2D eigenvalue weighted by molar-refractivity contribution is 6.03. The highest BCUT2D eigenvalue weighted by Gasteiger charge is 2.27. The van der Waals surface area contributed by atoms with Gasteiger partial charge >= 0.3 is 6.01 Å². The molecule has 1 aliphatic rings. The molecule has 0 fully saturated rings. The van der Waals surface area contributed by atoms with Crippen molar-refractivity contribution in [3.63, 3.8) is 0 Å². The summed E-state index contributed by atoms with van der Waals surface area (Å²) >= 11 is 0. The summed E-state index contributed by atoms with van der Waals surface area (Å²) in [5.41, 5.74) is 8.36. The van der Waals surface area contributed by atoms with Gasteiger partial charge in [0.05, 0.1) is 13.2 Å². The van der Waals surface area contributed by atoms with Crippen LogP contribution in [0.4, 0.5) is 17.3 Å². The topological polar surface area (TPSA) is 106 Å². The number of rotatable bonds is 6. The summed E-state index contributed by atoms with van der Waals surface area (Å²) in [7, 11) is 0. The maximum atomic E-state index is 12.0. The molecule has 3 rings (SSSR count). The second-order valence-corrected chi connectivity index (χ2v) is 6.00. The first-order valence-corrected chi connectivity index (χ1v) is 8.33. The molecule has 0 unspecified atom stereocenters. The number of carbonyl (C=O) groups excluding carboxylic acids is 1. The largest absolute Gasteiger partial charge is 0.463 e. The van der Waals surface area contributed by atoms with Crippen LogP contribution in [0.3, 0.4) is 0 Å². The van der Waals surface area contributed by atoms with Crippen LogP contribution in [-0.4, -0.2) is 34.0 Å². The van der Waals surface area contributed by atoms with Crippen LogP contribution in [0.25, 0.3) is 0 Å². The van der Waals surface area contributed by atoms with E-state index in [2.05, 4.69) is 27.2 Å². The van der Waals surface area contributed by atoms with Gasteiger partial charge in [-0.2, -0.15) is 9.97 Å². The van der Waals surface area contributed by atoms with Crippen molar-refractivity contribution in [2.45, 2.75) is 33.2 Å². The van der Waals surface area contributed by atoms with Gasteiger partial charge in [0.15, 0.2) is 11.6 Å². The molecule has 0 saturated heterocycles. The normalized spacial score (nSPS) is 13.4. The van der Waals surface area contributed by atoms with Crippen LogP contribution in [0.1, 0.15) is 31.0 Å². The van der Waals surface area contributed by atoms with E-state index in [1.807, 2.05) is 24.0 Å². The van der Waals surface area contributed by atoms with Crippen LogP contribution in [0, 0.1) is 6.92 Å². The number of nitrogens with one attached hydrogen (secondary N) is 1. The molecule has 2 aromatic heterocycles. The predicted octanol–water partition coefficient (Wildman–Crippen LogP) is 1.90. The Balaban J connectivity index is 1.88. The number of aromatic nitrogens is 3. The Labute approximate surface area is 146 Å². The first-order chi connectivity index (χ1) is 12.1. The van der Waals surface area contributed by atoms with E-state index in [4.69, 9.17) is 10.5 Å². The number of aryl methyl sites for hydroxylation is 1. The van der Waals surface area contributed by atoms with E-state index < -0.39 is 0 Å². The number of ether oxygens (including phenoxy) is 1. The number of nitrogens with two attached hydrogens (primary N) is 1. The first-order valence-electron chi connectivity index (χ1n) is 8.33. The number of pyridine rings is 1. The number of hydrogen-bond donors (Lipinski definition) is 2. The Morgan fingerprint density at radius 3 is 2.92 bits per heavy atom. The van der Waals surface area contributed by atoms with E-state index in [-0.39, 0.29) is 24.3 Å². The quantitative estimate of drug-likeness (QED) is 0.772. The second-order valence-electron chi connectivity index (χ2n) is 6.00. The van der Waals surface area contributed by atoms with Crippen molar-refractivity contribution in [1.82, 2.24) is 15.0 Å². The van der Waals surface area contributed by atoms with Crippen LogP contribution in [0.15, 0.2) is 18.3 Å². The summed E-state index contributed by atoms with van der Waals surface area (Å²) in [6.07, 6.45) is 3.73. The zero-order chi connectivity index (χ0) is 17.8. The number of nitrogens with zero attached hydrogens (tertiary/aromatic N) is 4. The predicted molar refractivity (Wildman–Crippen MR) is 95.5 cm³/mol. The Kier molecular flexibility index (Phi) is 4.97. The van der Waals surface area contributed by atoms with Crippen LogP contribution < -0.4 is 20.7 Å². The molecule has 8 nitrogen and oxygen atoms in total. The minimum Gasteiger partial charge on any atom is -0.463 e. The lowest BCUT2D eigenvalue weighted by Crippen LogP contribution is -2.39. The Morgan fingerprint density at radius 2 is 2.20 bits per heavy atom. The van der Waals surface area contributed by atoms with Gasteiger partial charge in [-0.25, -0.2) is 0 Å². The summed E-state index contributed by atoms with van der Waals surface area (Å²) in [5, 5.41) is 2.75. The number of anilines is 3. The summed E-state index contributed by atoms with van der Waals surface area (Å²) < 4.78 is 5.58. The fourth-order valence-corrected chi connectivity index (χ4v) is 2.54. The number of amides is 1. The third-order valence-electron chi connectivity index (χ3n) is 3.87. The van der Waals surface area contributed by atoms with E-state index in [9.17, 15) is 4.79 Å². The fourth-order valence-electron chi connectivity index (χ4n) is 2.54. The third kappa shape index (κ3) is 3.96. The lowest BCUT2D eigenvalue weighted by atomic mass is 10.2. The zero-order valence-corrected chi connectivity index (χ0v) is 14.5. The second kappa shape index (κ2) is 7.33. The average molecular weight is 342 g/mol. The molecule has 2 aromatic rings. The molecule has 0 atom stereocenters. The van der Waals surface area contributed by atoms with Gasteiger partial charge in [0.2, 0.25) is 5.91 Å². The van der Waals surface area contributed by atoms with Crippen LogP contribution in [0.2, 0.25) is 0 Å². The van der Waals surface area contributed by atoms with Gasteiger partial charge in [0.1, 0.15) is 5.69 Å².